The van der Waals surface area contributed by atoms with Crippen molar-refractivity contribution < 1.29 is 9.84 Å². The van der Waals surface area contributed by atoms with Gasteiger partial charge in [0, 0.05) is 12.3 Å². The van der Waals surface area contributed by atoms with Crippen LogP contribution in [-0.2, 0) is 4.74 Å². The van der Waals surface area contributed by atoms with Crippen molar-refractivity contribution >= 4 is 21.5 Å². The SMILES string of the molecule is COC1=C[C@@H]2c3c(ccc4ccc5c(C)ccc(C)c5c34)C(O)C[C@@H]2CC1. The van der Waals surface area contributed by atoms with E-state index >= 15 is 0 Å². The Morgan fingerprint density at radius 2 is 1.74 bits per heavy atom. The molecule has 0 amide bonds. The summed E-state index contributed by atoms with van der Waals surface area (Å²) in [6, 6.07) is 13.3. The maximum atomic E-state index is 10.9. The van der Waals surface area contributed by atoms with E-state index in [1.165, 1.54) is 38.2 Å². The molecule has 2 aliphatic rings. The van der Waals surface area contributed by atoms with E-state index in [-0.39, 0.29) is 6.10 Å². The van der Waals surface area contributed by atoms with Crippen molar-refractivity contribution in [3.8, 4) is 0 Å². The summed E-state index contributed by atoms with van der Waals surface area (Å²) in [4.78, 5) is 0. The number of ether oxygens (including phenoxy) is 1. The van der Waals surface area contributed by atoms with Crippen molar-refractivity contribution in [3.05, 3.63) is 70.5 Å². The molecule has 27 heavy (non-hydrogen) atoms. The number of benzene rings is 3. The highest BCUT2D eigenvalue weighted by Gasteiger charge is 2.37. The van der Waals surface area contributed by atoms with Gasteiger partial charge in [0.2, 0.25) is 0 Å². The summed E-state index contributed by atoms with van der Waals surface area (Å²) < 4.78 is 5.62. The Hall–Kier alpha value is -2.32. The fourth-order valence-corrected chi connectivity index (χ4v) is 5.37. The molecule has 0 spiro atoms. The lowest BCUT2D eigenvalue weighted by Gasteiger charge is -2.39. The van der Waals surface area contributed by atoms with E-state index in [2.05, 4.69) is 56.3 Å². The molecule has 2 heteroatoms. The van der Waals surface area contributed by atoms with Gasteiger partial charge in [-0.05, 0) is 82.5 Å². The lowest BCUT2D eigenvalue weighted by Crippen LogP contribution is -2.26. The molecule has 3 atom stereocenters. The van der Waals surface area contributed by atoms with Crippen LogP contribution in [-0.4, -0.2) is 12.2 Å². The third-order valence-electron chi connectivity index (χ3n) is 6.78. The fraction of sp³-hybridized carbons (Fsp3) is 0.360. The standard InChI is InChI=1S/C25H26O2/c1-14-4-5-15(2)23-19(14)10-7-16-8-11-20-22(26)12-17-6-9-18(27-3)13-21(17)25(20)24(16)23/h4-5,7-8,10-11,13,17,21-22,26H,6,9,12H2,1-3H3/t17-,21-,22?/m0/s1. The number of hydrogen-bond acceptors (Lipinski definition) is 2. The van der Waals surface area contributed by atoms with Crippen LogP contribution in [0.2, 0.25) is 0 Å². The second kappa shape index (κ2) is 6.10. The average molecular weight is 358 g/mol. The van der Waals surface area contributed by atoms with Gasteiger partial charge >= 0.3 is 0 Å². The summed E-state index contributed by atoms with van der Waals surface area (Å²) in [6.07, 6.45) is 4.86. The lowest BCUT2D eigenvalue weighted by atomic mass is 9.68. The van der Waals surface area contributed by atoms with Gasteiger partial charge in [-0.2, -0.15) is 0 Å². The second-order valence-electron chi connectivity index (χ2n) is 8.27. The number of hydrogen-bond donors (Lipinski definition) is 1. The first-order valence-electron chi connectivity index (χ1n) is 9.96. The number of methoxy groups -OCH3 is 1. The van der Waals surface area contributed by atoms with E-state index in [4.69, 9.17) is 4.74 Å². The zero-order valence-corrected chi connectivity index (χ0v) is 16.3. The zero-order chi connectivity index (χ0) is 18.7. The normalized spacial score (nSPS) is 24.4. The van der Waals surface area contributed by atoms with E-state index in [9.17, 15) is 5.11 Å². The Morgan fingerprint density at radius 1 is 0.963 bits per heavy atom. The van der Waals surface area contributed by atoms with Crippen molar-refractivity contribution in [2.24, 2.45) is 5.92 Å². The van der Waals surface area contributed by atoms with Crippen molar-refractivity contribution in [2.45, 2.75) is 45.1 Å². The first kappa shape index (κ1) is 16.8. The van der Waals surface area contributed by atoms with E-state index in [0.29, 0.717) is 11.8 Å². The Labute approximate surface area is 160 Å². The van der Waals surface area contributed by atoms with Crippen LogP contribution in [0.25, 0.3) is 21.5 Å². The summed E-state index contributed by atoms with van der Waals surface area (Å²) in [7, 11) is 1.77. The molecule has 5 rings (SSSR count). The van der Waals surface area contributed by atoms with E-state index in [1.54, 1.807) is 7.11 Å². The smallest absolute Gasteiger partial charge is 0.0922 e. The Balaban J connectivity index is 1.93. The number of allylic oxidation sites excluding steroid dienone is 2. The molecule has 0 bridgehead atoms. The van der Waals surface area contributed by atoms with Crippen LogP contribution in [0.1, 0.15) is 53.5 Å². The zero-order valence-electron chi connectivity index (χ0n) is 16.3. The Morgan fingerprint density at radius 3 is 2.56 bits per heavy atom. The molecule has 3 aromatic carbocycles. The van der Waals surface area contributed by atoms with Gasteiger partial charge in [0.15, 0.2) is 0 Å². The average Bonchev–Trinajstić information content (AvgIpc) is 2.69. The minimum Gasteiger partial charge on any atom is -0.501 e. The second-order valence-corrected chi connectivity index (χ2v) is 8.27. The van der Waals surface area contributed by atoms with Crippen LogP contribution in [0, 0.1) is 19.8 Å². The molecule has 3 aromatic rings. The predicted molar refractivity (Wildman–Crippen MR) is 111 cm³/mol. The number of fused-ring (bicyclic) bond motifs is 7. The molecule has 0 aliphatic heterocycles. The Kier molecular flexibility index (Phi) is 3.80. The molecular weight excluding hydrogens is 332 g/mol. The van der Waals surface area contributed by atoms with Gasteiger partial charge in [-0.25, -0.2) is 0 Å². The van der Waals surface area contributed by atoms with Gasteiger partial charge in [-0.3, -0.25) is 0 Å². The number of rotatable bonds is 1. The minimum absolute atomic E-state index is 0.321. The minimum atomic E-state index is -0.372. The summed E-state index contributed by atoms with van der Waals surface area (Å²) >= 11 is 0. The summed E-state index contributed by atoms with van der Waals surface area (Å²) in [5.41, 5.74) is 5.04. The van der Waals surface area contributed by atoms with Crippen LogP contribution in [0.5, 0.6) is 0 Å². The highest BCUT2D eigenvalue weighted by molar-refractivity contribution is 6.12. The first-order valence-corrected chi connectivity index (χ1v) is 9.96. The summed E-state index contributed by atoms with van der Waals surface area (Å²) in [6.45, 7) is 4.39. The number of aliphatic hydroxyl groups excluding tert-OH is 1. The molecule has 2 aliphatic carbocycles. The third-order valence-corrected chi connectivity index (χ3v) is 6.78. The van der Waals surface area contributed by atoms with Crippen molar-refractivity contribution in [2.75, 3.05) is 7.11 Å². The molecule has 0 fully saturated rings. The third kappa shape index (κ3) is 2.43. The molecule has 0 radical (unpaired) electrons. The number of aryl methyl sites for hydroxylation is 2. The van der Waals surface area contributed by atoms with Gasteiger partial charge in [0.25, 0.3) is 0 Å². The van der Waals surface area contributed by atoms with Gasteiger partial charge in [0.05, 0.1) is 19.0 Å². The fourth-order valence-electron chi connectivity index (χ4n) is 5.37. The Bertz CT molecular complexity index is 1090. The van der Waals surface area contributed by atoms with Gasteiger partial charge < -0.3 is 9.84 Å². The van der Waals surface area contributed by atoms with Crippen molar-refractivity contribution in [1.29, 1.82) is 0 Å². The highest BCUT2D eigenvalue weighted by Crippen LogP contribution is 2.51. The molecule has 0 aromatic heterocycles. The predicted octanol–water partition coefficient (Wildman–Crippen LogP) is 6.07. The van der Waals surface area contributed by atoms with Crippen LogP contribution in [0.3, 0.4) is 0 Å². The summed E-state index contributed by atoms with van der Waals surface area (Å²) in [5.74, 6) is 1.89. The van der Waals surface area contributed by atoms with Crippen molar-refractivity contribution in [3.63, 3.8) is 0 Å². The molecule has 2 nitrogen and oxygen atoms in total. The molecule has 0 heterocycles. The first-order chi connectivity index (χ1) is 13.1. The van der Waals surface area contributed by atoms with Crippen LogP contribution in [0.15, 0.2) is 48.2 Å². The monoisotopic (exact) mass is 358 g/mol. The molecule has 1 unspecified atom stereocenters. The van der Waals surface area contributed by atoms with E-state index in [0.717, 1.165) is 30.6 Å². The van der Waals surface area contributed by atoms with E-state index in [1.807, 2.05) is 0 Å². The quantitative estimate of drug-likeness (QED) is 0.535. The van der Waals surface area contributed by atoms with Gasteiger partial charge in [-0.1, -0.05) is 36.4 Å². The van der Waals surface area contributed by atoms with E-state index < -0.39 is 0 Å². The molecule has 1 N–H and O–H groups in total. The molecule has 0 saturated carbocycles. The lowest BCUT2D eigenvalue weighted by molar-refractivity contribution is 0.116. The number of aliphatic hydroxyl groups is 1. The topological polar surface area (TPSA) is 29.5 Å². The maximum absolute atomic E-state index is 10.9. The highest BCUT2D eigenvalue weighted by atomic mass is 16.5. The van der Waals surface area contributed by atoms with Gasteiger partial charge in [-0.15, -0.1) is 0 Å². The van der Waals surface area contributed by atoms with Gasteiger partial charge in [0.1, 0.15) is 0 Å². The van der Waals surface area contributed by atoms with Crippen LogP contribution in [0.4, 0.5) is 0 Å². The molecule has 138 valence electrons. The van der Waals surface area contributed by atoms with Crippen LogP contribution < -0.4 is 0 Å². The van der Waals surface area contributed by atoms with Crippen molar-refractivity contribution in [1.82, 2.24) is 0 Å². The maximum Gasteiger partial charge on any atom is 0.0922 e. The summed E-state index contributed by atoms with van der Waals surface area (Å²) in [5, 5.41) is 16.2. The van der Waals surface area contributed by atoms with Crippen LogP contribution >= 0.6 is 0 Å². The molecular formula is C25H26O2. The largest absolute Gasteiger partial charge is 0.501 e. The molecule has 0 saturated heterocycles.